The number of anilines is 1. The summed E-state index contributed by atoms with van der Waals surface area (Å²) in [6.45, 7) is 0.527. The zero-order chi connectivity index (χ0) is 14.4. The van der Waals surface area contributed by atoms with Gasteiger partial charge >= 0.3 is 0 Å². The van der Waals surface area contributed by atoms with E-state index in [-0.39, 0.29) is 10.7 Å². The van der Waals surface area contributed by atoms with E-state index in [9.17, 15) is 10.1 Å². The van der Waals surface area contributed by atoms with Crippen molar-refractivity contribution in [1.29, 1.82) is 0 Å². The summed E-state index contributed by atoms with van der Waals surface area (Å²) in [6, 6.07) is 11.1. The lowest BCUT2D eigenvalue weighted by Crippen LogP contribution is -2.01. The zero-order valence-corrected chi connectivity index (χ0v) is 11.2. The van der Waals surface area contributed by atoms with E-state index in [0.717, 1.165) is 5.56 Å². The summed E-state index contributed by atoms with van der Waals surface area (Å²) in [5, 5.41) is 13.8. The minimum absolute atomic E-state index is 0.125. The summed E-state index contributed by atoms with van der Waals surface area (Å²) in [5.41, 5.74) is 0.970. The van der Waals surface area contributed by atoms with E-state index in [1.54, 1.807) is 0 Å². The Morgan fingerprint density at radius 2 is 2.10 bits per heavy atom. The molecule has 102 valence electrons. The normalized spacial score (nSPS) is 10.7. The predicted molar refractivity (Wildman–Crippen MR) is 79.9 cm³/mol. The van der Waals surface area contributed by atoms with Crippen LogP contribution in [0.2, 0.25) is 5.02 Å². The third kappa shape index (κ3) is 3.80. The maximum atomic E-state index is 10.6. The van der Waals surface area contributed by atoms with Crippen molar-refractivity contribution in [3.05, 3.63) is 69.4 Å². The molecule has 0 atom stereocenters. The summed E-state index contributed by atoms with van der Waals surface area (Å²) >= 11 is 5.92. The molecule has 1 N–H and O–H groups in total. The predicted octanol–water partition coefficient (Wildman–Crippen LogP) is 3.77. The van der Waals surface area contributed by atoms with E-state index >= 15 is 0 Å². The summed E-state index contributed by atoms with van der Waals surface area (Å²) in [6.07, 6.45) is 5.07. The lowest BCUT2D eigenvalue weighted by atomic mass is 10.2. The Hall–Kier alpha value is -2.40. The van der Waals surface area contributed by atoms with Crippen LogP contribution < -0.4 is 5.32 Å². The minimum atomic E-state index is -0.530. The van der Waals surface area contributed by atoms with Crippen molar-refractivity contribution in [2.75, 3.05) is 11.9 Å². The van der Waals surface area contributed by atoms with Gasteiger partial charge in [-0.05, 0) is 5.56 Å². The Balaban J connectivity index is 1.94. The molecular weight excluding hydrogens is 278 g/mol. The van der Waals surface area contributed by atoms with Crippen LogP contribution in [0.3, 0.4) is 0 Å². The van der Waals surface area contributed by atoms with E-state index in [2.05, 4.69) is 10.3 Å². The molecule has 1 aromatic carbocycles. The topological polar surface area (TPSA) is 68.1 Å². The SMILES string of the molecule is O=[N+]([O-])c1cnc(NC/C=C/c2ccccc2)c(Cl)c1. The van der Waals surface area contributed by atoms with Crippen LogP contribution in [-0.2, 0) is 0 Å². The largest absolute Gasteiger partial charge is 0.365 e. The molecule has 1 aromatic heterocycles. The van der Waals surface area contributed by atoms with Gasteiger partial charge in [0, 0.05) is 12.6 Å². The lowest BCUT2D eigenvalue weighted by Gasteiger charge is -2.04. The molecule has 20 heavy (non-hydrogen) atoms. The van der Waals surface area contributed by atoms with Gasteiger partial charge in [0.15, 0.2) is 0 Å². The van der Waals surface area contributed by atoms with Gasteiger partial charge in [0.05, 0.1) is 9.95 Å². The van der Waals surface area contributed by atoms with Crippen molar-refractivity contribution in [3.63, 3.8) is 0 Å². The molecule has 0 saturated carbocycles. The number of halogens is 1. The van der Waals surface area contributed by atoms with Crippen LogP contribution in [0, 0.1) is 10.1 Å². The minimum Gasteiger partial charge on any atom is -0.365 e. The number of nitro groups is 1. The molecule has 0 aliphatic rings. The van der Waals surface area contributed by atoms with E-state index in [4.69, 9.17) is 11.6 Å². The van der Waals surface area contributed by atoms with Crippen LogP contribution in [0.5, 0.6) is 0 Å². The molecule has 0 radical (unpaired) electrons. The molecule has 5 nitrogen and oxygen atoms in total. The Labute approximate surface area is 121 Å². The van der Waals surface area contributed by atoms with E-state index in [1.165, 1.54) is 12.3 Å². The number of benzene rings is 1. The third-order valence-electron chi connectivity index (χ3n) is 2.53. The van der Waals surface area contributed by atoms with E-state index in [0.29, 0.717) is 12.4 Å². The van der Waals surface area contributed by atoms with Crippen LogP contribution in [-0.4, -0.2) is 16.5 Å². The van der Waals surface area contributed by atoms with Crippen LogP contribution in [0.25, 0.3) is 6.08 Å². The number of pyridine rings is 1. The van der Waals surface area contributed by atoms with Crippen molar-refractivity contribution in [3.8, 4) is 0 Å². The summed E-state index contributed by atoms with van der Waals surface area (Å²) in [7, 11) is 0. The number of nitrogens with one attached hydrogen (secondary N) is 1. The highest BCUT2D eigenvalue weighted by atomic mass is 35.5. The second-order valence-corrected chi connectivity index (χ2v) is 4.38. The number of hydrogen-bond donors (Lipinski definition) is 1. The van der Waals surface area contributed by atoms with Gasteiger partial charge in [-0.3, -0.25) is 10.1 Å². The second kappa shape index (κ2) is 6.68. The smallest absolute Gasteiger partial charge is 0.289 e. The van der Waals surface area contributed by atoms with Crippen molar-refractivity contribution in [2.24, 2.45) is 0 Å². The highest BCUT2D eigenvalue weighted by Gasteiger charge is 2.09. The summed E-state index contributed by atoms with van der Waals surface area (Å²) in [4.78, 5) is 14.0. The first kappa shape index (κ1) is 14.0. The third-order valence-corrected chi connectivity index (χ3v) is 2.82. The monoisotopic (exact) mass is 289 g/mol. The highest BCUT2D eigenvalue weighted by molar-refractivity contribution is 6.33. The van der Waals surface area contributed by atoms with E-state index in [1.807, 2.05) is 42.5 Å². The molecule has 1 heterocycles. The molecule has 2 aromatic rings. The zero-order valence-electron chi connectivity index (χ0n) is 10.5. The van der Waals surface area contributed by atoms with Crippen molar-refractivity contribution >= 4 is 29.2 Å². The van der Waals surface area contributed by atoms with Gasteiger partial charge in [0.1, 0.15) is 12.0 Å². The maximum absolute atomic E-state index is 10.6. The van der Waals surface area contributed by atoms with Crippen LogP contribution in [0.15, 0.2) is 48.7 Å². The van der Waals surface area contributed by atoms with Crippen molar-refractivity contribution in [1.82, 2.24) is 4.98 Å². The Kier molecular flexibility index (Phi) is 4.68. The lowest BCUT2D eigenvalue weighted by molar-refractivity contribution is -0.385. The fourth-order valence-corrected chi connectivity index (χ4v) is 1.80. The Morgan fingerprint density at radius 1 is 1.35 bits per heavy atom. The van der Waals surface area contributed by atoms with E-state index < -0.39 is 4.92 Å². The molecule has 0 bridgehead atoms. The molecule has 0 fully saturated rings. The number of rotatable bonds is 5. The molecule has 6 heteroatoms. The highest BCUT2D eigenvalue weighted by Crippen LogP contribution is 2.23. The fourth-order valence-electron chi connectivity index (χ4n) is 1.57. The summed E-state index contributed by atoms with van der Waals surface area (Å²) < 4.78 is 0. The Morgan fingerprint density at radius 3 is 2.75 bits per heavy atom. The molecule has 0 aliphatic heterocycles. The van der Waals surface area contributed by atoms with Crippen molar-refractivity contribution in [2.45, 2.75) is 0 Å². The van der Waals surface area contributed by atoms with Gasteiger partial charge in [-0.25, -0.2) is 4.98 Å². The van der Waals surface area contributed by atoms with Gasteiger partial charge in [0.25, 0.3) is 5.69 Å². The first-order valence-electron chi connectivity index (χ1n) is 5.92. The maximum Gasteiger partial charge on any atom is 0.289 e. The number of hydrogen-bond acceptors (Lipinski definition) is 4. The van der Waals surface area contributed by atoms with Gasteiger partial charge in [-0.15, -0.1) is 0 Å². The first-order valence-corrected chi connectivity index (χ1v) is 6.30. The quantitative estimate of drug-likeness (QED) is 0.672. The fraction of sp³-hybridized carbons (Fsp3) is 0.0714. The molecule has 0 spiro atoms. The van der Waals surface area contributed by atoms with Gasteiger partial charge < -0.3 is 5.32 Å². The van der Waals surface area contributed by atoms with Crippen molar-refractivity contribution < 1.29 is 4.92 Å². The molecule has 0 amide bonds. The summed E-state index contributed by atoms with van der Waals surface area (Å²) in [5.74, 6) is 0.426. The molecule has 0 unspecified atom stereocenters. The second-order valence-electron chi connectivity index (χ2n) is 3.98. The number of nitrogens with zero attached hydrogens (tertiary/aromatic N) is 2. The molecule has 0 aliphatic carbocycles. The molecule has 0 saturated heterocycles. The van der Waals surface area contributed by atoms with Gasteiger partial charge in [0.2, 0.25) is 0 Å². The van der Waals surface area contributed by atoms with Gasteiger partial charge in [-0.2, -0.15) is 0 Å². The average Bonchev–Trinajstić information content (AvgIpc) is 2.46. The molecule has 2 rings (SSSR count). The average molecular weight is 290 g/mol. The molecular formula is C14H12ClN3O2. The first-order chi connectivity index (χ1) is 9.66. The number of aromatic nitrogens is 1. The van der Waals surface area contributed by atoms with Crippen LogP contribution in [0.1, 0.15) is 5.56 Å². The van der Waals surface area contributed by atoms with Crippen LogP contribution in [0.4, 0.5) is 11.5 Å². The van der Waals surface area contributed by atoms with Gasteiger partial charge in [-0.1, -0.05) is 54.1 Å². The van der Waals surface area contributed by atoms with Crippen LogP contribution >= 0.6 is 11.6 Å². The Bertz CT molecular complexity index is 630. The standard InChI is InChI=1S/C14H12ClN3O2/c15-13-9-12(18(19)20)10-17-14(13)16-8-4-7-11-5-2-1-3-6-11/h1-7,9-10H,8H2,(H,16,17)/b7-4+.